The summed E-state index contributed by atoms with van der Waals surface area (Å²) in [4.78, 5) is 42.0. The number of anilines is 2. The highest BCUT2D eigenvalue weighted by Crippen LogP contribution is 2.24. The lowest BCUT2D eigenvalue weighted by Crippen LogP contribution is -2.45. The van der Waals surface area contributed by atoms with Gasteiger partial charge in [-0.2, -0.15) is 0 Å². The number of carbonyl (C=O) groups excluding carboxylic acids is 3. The van der Waals surface area contributed by atoms with Crippen LogP contribution < -0.4 is 10.6 Å². The van der Waals surface area contributed by atoms with Gasteiger partial charge in [-0.3, -0.25) is 19.3 Å². The molecule has 1 aliphatic heterocycles. The van der Waals surface area contributed by atoms with E-state index < -0.39 is 0 Å². The van der Waals surface area contributed by atoms with Crippen molar-refractivity contribution in [2.24, 2.45) is 5.92 Å². The van der Waals surface area contributed by atoms with Crippen molar-refractivity contribution in [3.05, 3.63) is 96.1 Å². The second-order valence-electron chi connectivity index (χ2n) is 9.55. The molecular formula is C30H34N4O3. The van der Waals surface area contributed by atoms with Crippen molar-refractivity contribution < 1.29 is 14.4 Å². The molecule has 0 saturated carbocycles. The third kappa shape index (κ3) is 7.05. The minimum atomic E-state index is -0.158. The van der Waals surface area contributed by atoms with E-state index in [9.17, 15) is 14.4 Å². The molecule has 1 heterocycles. The molecule has 3 amide bonds. The number of nitrogens with zero attached hydrogens (tertiary/aromatic N) is 2. The Balaban J connectivity index is 1.27. The van der Waals surface area contributed by atoms with Crippen molar-refractivity contribution in [2.45, 2.75) is 25.8 Å². The Bertz CT molecular complexity index is 1210. The second kappa shape index (κ2) is 12.3. The van der Waals surface area contributed by atoms with Crippen LogP contribution in [-0.4, -0.2) is 54.2 Å². The molecule has 1 atom stereocenters. The van der Waals surface area contributed by atoms with Crippen LogP contribution >= 0.6 is 0 Å². The fourth-order valence-electron chi connectivity index (χ4n) is 4.53. The first-order valence-electron chi connectivity index (χ1n) is 12.7. The molecule has 0 aromatic heterocycles. The van der Waals surface area contributed by atoms with Crippen LogP contribution in [0.25, 0.3) is 0 Å². The van der Waals surface area contributed by atoms with Gasteiger partial charge in [-0.05, 0) is 68.8 Å². The van der Waals surface area contributed by atoms with E-state index in [2.05, 4.69) is 10.6 Å². The van der Waals surface area contributed by atoms with E-state index in [-0.39, 0.29) is 36.2 Å². The zero-order chi connectivity index (χ0) is 26.2. The van der Waals surface area contributed by atoms with Gasteiger partial charge in [0.15, 0.2) is 0 Å². The molecule has 0 spiro atoms. The summed E-state index contributed by atoms with van der Waals surface area (Å²) < 4.78 is 0. The third-order valence-corrected chi connectivity index (χ3v) is 6.97. The zero-order valence-corrected chi connectivity index (χ0v) is 21.4. The minimum absolute atomic E-state index is 0.0169. The number of hydrogen-bond donors (Lipinski definition) is 2. The van der Waals surface area contributed by atoms with E-state index in [1.807, 2.05) is 96.6 Å². The molecule has 0 aliphatic carbocycles. The largest absolute Gasteiger partial charge is 0.342 e. The highest BCUT2D eigenvalue weighted by Gasteiger charge is 2.28. The van der Waals surface area contributed by atoms with Gasteiger partial charge in [0.05, 0.1) is 6.54 Å². The van der Waals surface area contributed by atoms with Crippen molar-refractivity contribution in [3.8, 4) is 0 Å². The third-order valence-electron chi connectivity index (χ3n) is 6.97. The highest BCUT2D eigenvalue weighted by atomic mass is 16.2. The summed E-state index contributed by atoms with van der Waals surface area (Å²) in [5.74, 6) is -0.169. The smallest absolute Gasteiger partial charge is 0.255 e. The summed E-state index contributed by atoms with van der Waals surface area (Å²) >= 11 is 0. The number of carbonyl (C=O) groups is 3. The van der Waals surface area contributed by atoms with Gasteiger partial charge in [0.1, 0.15) is 0 Å². The molecule has 0 unspecified atom stereocenters. The predicted octanol–water partition coefficient (Wildman–Crippen LogP) is 4.81. The van der Waals surface area contributed by atoms with Crippen LogP contribution in [0.5, 0.6) is 0 Å². The maximum atomic E-state index is 13.0. The molecule has 3 aromatic rings. The Labute approximate surface area is 218 Å². The second-order valence-corrected chi connectivity index (χ2v) is 9.55. The van der Waals surface area contributed by atoms with Crippen LogP contribution in [0.4, 0.5) is 11.4 Å². The van der Waals surface area contributed by atoms with Gasteiger partial charge in [0, 0.05) is 42.0 Å². The maximum Gasteiger partial charge on any atom is 0.255 e. The van der Waals surface area contributed by atoms with Crippen molar-refractivity contribution in [1.29, 1.82) is 0 Å². The Morgan fingerprint density at radius 2 is 1.49 bits per heavy atom. The maximum absolute atomic E-state index is 13.0. The SMILES string of the molecule is C[C@@H](c1cccc(NC(=O)c2ccccc2)c1)N(C)CC(=O)N1CCC(C(=O)Nc2ccccc2)CC1. The molecule has 1 fully saturated rings. The summed E-state index contributed by atoms with van der Waals surface area (Å²) in [5.41, 5.74) is 3.13. The number of likely N-dealkylation sites (N-methyl/N-ethyl adjacent to an activating group) is 1. The van der Waals surface area contributed by atoms with Crippen LogP contribution in [0, 0.1) is 5.92 Å². The van der Waals surface area contributed by atoms with E-state index in [4.69, 9.17) is 0 Å². The lowest BCUT2D eigenvalue weighted by atomic mass is 9.95. The lowest BCUT2D eigenvalue weighted by molar-refractivity contribution is -0.135. The molecule has 7 nitrogen and oxygen atoms in total. The topological polar surface area (TPSA) is 81.8 Å². The van der Waals surface area contributed by atoms with Gasteiger partial charge in [0.2, 0.25) is 11.8 Å². The Morgan fingerprint density at radius 1 is 0.865 bits per heavy atom. The van der Waals surface area contributed by atoms with Gasteiger partial charge < -0.3 is 15.5 Å². The molecule has 1 saturated heterocycles. The number of amides is 3. The van der Waals surface area contributed by atoms with Crippen molar-refractivity contribution in [2.75, 3.05) is 37.3 Å². The first-order valence-corrected chi connectivity index (χ1v) is 12.7. The molecule has 7 heteroatoms. The fraction of sp³-hybridized carbons (Fsp3) is 0.300. The van der Waals surface area contributed by atoms with Gasteiger partial charge in [-0.25, -0.2) is 0 Å². The molecule has 4 rings (SSSR count). The van der Waals surface area contributed by atoms with Crippen molar-refractivity contribution >= 4 is 29.1 Å². The average molecular weight is 499 g/mol. The van der Waals surface area contributed by atoms with E-state index in [0.29, 0.717) is 37.2 Å². The molecule has 3 aromatic carbocycles. The number of hydrogen-bond acceptors (Lipinski definition) is 4. The number of nitrogens with one attached hydrogen (secondary N) is 2. The Morgan fingerprint density at radius 3 is 2.16 bits per heavy atom. The van der Waals surface area contributed by atoms with Crippen molar-refractivity contribution in [1.82, 2.24) is 9.80 Å². The molecule has 2 N–H and O–H groups in total. The minimum Gasteiger partial charge on any atom is -0.342 e. The number of benzene rings is 3. The standard InChI is InChI=1S/C30H34N4O3/c1-22(25-12-9-15-27(20-25)32-29(36)23-10-5-3-6-11-23)33(2)21-28(35)34-18-16-24(17-19-34)30(37)31-26-13-7-4-8-14-26/h3-15,20,22,24H,16-19,21H2,1-2H3,(H,31,37)(H,32,36)/t22-/m0/s1. The van der Waals surface area contributed by atoms with E-state index in [1.165, 1.54) is 0 Å². The van der Waals surface area contributed by atoms with E-state index in [1.54, 1.807) is 12.1 Å². The molecule has 37 heavy (non-hydrogen) atoms. The van der Waals surface area contributed by atoms with Crippen LogP contribution in [-0.2, 0) is 9.59 Å². The first-order chi connectivity index (χ1) is 17.9. The van der Waals surface area contributed by atoms with Crippen LogP contribution in [0.1, 0.15) is 41.7 Å². The zero-order valence-electron chi connectivity index (χ0n) is 21.4. The van der Waals surface area contributed by atoms with E-state index in [0.717, 1.165) is 11.3 Å². The highest BCUT2D eigenvalue weighted by molar-refractivity contribution is 6.04. The van der Waals surface area contributed by atoms with Crippen molar-refractivity contribution in [3.63, 3.8) is 0 Å². The molecular weight excluding hydrogens is 464 g/mol. The number of rotatable bonds is 8. The fourth-order valence-corrected chi connectivity index (χ4v) is 4.53. The molecule has 192 valence electrons. The quantitative estimate of drug-likeness (QED) is 0.467. The summed E-state index contributed by atoms with van der Waals surface area (Å²) in [7, 11) is 1.93. The van der Waals surface area contributed by atoms with Gasteiger partial charge in [-0.15, -0.1) is 0 Å². The van der Waals surface area contributed by atoms with Crippen LogP contribution in [0.15, 0.2) is 84.9 Å². The molecule has 0 radical (unpaired) electrons. The average Bonchev–Trinajstić information content (AvgIpc) is 2.93. The van der Waals surface area contributed by atoms with Gasteiger partial charge in [-0.1, -0.05) is 48.5 Å². The Hall–Kier alpha value is -3.97. The van der Waals surface area contributed by atoms with Crippen LogP contribution in [0.2, 0.25) is 0 Å². The van der Waals surface area contributed by atoms with Gasteiger partial charge >= 0.3 is 0 Å². The van der Waals surface area contributed by atoms with Gasteiger partial charge in [0.25, 0.3) is 5.91 Å². The lowest BCUT2D eigenvalue weighted by Gasteiger charge is -2.33. The number of likely N-dealkylation sites (tertiary alicyclic amines) is 1. The predicted molar refractivity (Wildman–Crippen MR) is 146 cm³/mol. The summed E-state index contributed by atoms with van der Waals surface area (Å²) in [6, 6.07) is 26.3. The van der Waals surface area contributed by atoms with Crippen LogP contribution in [0.3, 0.4) is 0 Å². The number of piperidine rings is 1. The Kier molecular flexibility index (Phi) is 8.69. The normalized spacial score (nSPS) is 14.7. The summed E-state index contributed by atoms with van der Waals surface area (Å²) in [5, 5.41) is 5.92. The first kappa shape index (κ1) is 26.1. The number of para-hydroxylation sites is 1. The summed E-state index contributed by atoms with van der Waals surface area (Å²) in [6.45, 7) is 3.48. The molecule has 1 aliphatic rings. The molecule has 0 bridgehead atoms. The van der Waals surface area contributed by atoms with E-state index >= 15 is 0 Å². The summed E-state index contributed by atoms with van der Waals surface area (Å²) in [6.07, 6.45) is 1.32. The monoisotopic (exact) mass is 498 g/mol.